The number of hydrazine groups is 1. The molecule has 0 aromatic carbocycles. The molecule has 0 fully saturated rings. The van der Waals surface area contributed by atoms with Crippen molar-refractivity contribution in [2.24, 2.45) is 5.84 Å². The number of nitrogen functional groups attached to an aromatic ring is 1. The van der Waals surface area contributed by atoms with Gasteiger partial charge in [-0.2, -0.15) is 5.26 Å². The summed E-state index contributed by atoms with van der Waals surface area (Å²) in [7, 11) is 0. The first-order valence-electron chi connectivity index (χ1n) is 4.32. The van der Waals surface area contributed by atoms with Gasteiger partial charge in [0.2, 0.25) is 0 Å². The topological polar surface area (TPSA) is 84.0 Å². The highest BCUT2D eigenvalue weighted by molar-refractivity contribution is 5.53. The lowest BCUT2D eigenvalue weighted by Crippen LogP contribution is -2.16. The number of nitrogens with two attached hydrogens (primary N) is 1. The van der Waals surface area contributed by atoms with Gasteiger partial charge in [0.25, 0.3) is 0 Å². The molecule has 0 saturated carbocycles. The number of hydrogen-bond donors (Lipinski definition) is 2. The summed E-state index contributed by atoms with van der Waals surface area (Å²) in [5, 5.41) is 8.82. The third-order valence-electron chi connectivity index (χ3n) is 2.19. The van der Waals surface area contributed by atoms with Crippen LogP contribution in [0.3, 0.4) is 0 Å². The lowest BCUT2D eigenvalue weighted by atomic mass is 10.1. The summed E-state index contributed by atoms with van der Waals surface area (Å²) in [6.07, 6.45) is 0.774. The minimum Gasteiger partial charge on any atom is -0.376 e. The lowest BCUT2D eigenvalue weighted by Gasteiger charge is -2.16. The third kappa shape index (κ3) is 1.41. The van der Waals surface area contributed by atoms with Crippen molar-refractivity contribution in [1.29, 1.82) is 5.26 Å². The van der Waals surface area contributed by atoms with Gasteiger partial charge >= 0.3 is 0 Å². The maximum Gasteiger partial charge on any atom is 0.158 e. The zero-order valence-electron chi connectivity index (χ0n) is 7.58. The molecule has 2 heterocycles. The first-order chi connectivity index (χ1) is 6.85. The van der Waals surface area contributed by atoms with Crippen molar-refractivity contribution >= 4 is 5.82 Å². The molecule has 3 N–H and O–H groups in total. The predicted octanol–water partition coefficient (Wildman–Crippen LogP) is 0.312. The normalized spacial score (nSPS) is 14.3. The van der Waals surface area contributed by atoms with Crippen LogP contribution in [-0.2, 0) is 17.8 Å². The van der Waals surface area contributed by atoms with Crippen LogP contribution in [0.4, 0.5) is 5.82 Å². The largest absolute Gasteiger partial charge is 0.376 e. The highest BCUT2D eigenvalue weighted by atomic mass is 16.5. The molecule has 0 saturated heterocycles. The predicted molar refractivity (Wildman–Crippen MR) is 50.1 cm³/mol. The first kappa shape index (κ1) is 8.94. The molecular weight excluding hydrogens is 180 g/mol. The van der Waals surface area contributed by atoms with Gasteiger partial charge in [0.05, 0.1) is 24.5 Å². The summed E-state index contributed by atoms with van der Waals surface area (Å²) in [5.41, 5.74) is 4.82. The van der Waals surface area contributed by atoms with Gasteiger partial charge in [0.15, 0.2) is 5.82 Å². The van der Waals surface area contributed by atoms with Gasteiger partial charge in [-0.1, -0.05) is 0 Å². The van der Waals surface area contributed by atoms with Gasteiger partial charge in [0.1, 0.15) is 6.07 Å². The number of nitrogens with one attached hydrogen (secondary N) is 1. The Balaban J connectivity index is 2.50. The van der Waals surface area contributed by atoms with Crippen molar-refractivity contribution in [2.75, 3.05) is 12.0 Å². The van der Waals surface area contributed by atoms with Gasteiger partial charge < -0.3 is 10.2 Å². The van der Waals surface area contributed by atoms with E-state index in [0.29, 0.717) is 24.6 Å². The number of pyridine rings is 1. The highest BCUT2D eigenvalue weighted by Gasteiger charge is 2.14. The zero-order valence-corrected chi connectivity index (χ0v) is 7.58. The molecule has 1 aromatic rings. The fraction of sp³-hybridized carbons (Fsp3) is 0.333. The average molecular weight is 190 g/mol. The molecule has 1 aromatic heterocycles. The van der Waals surface area contributed by atoms with E-state index in [-0.39, 0.29) is 0 Å². The number of fused-ring (bicyclic) bond motifs is 1. The van der Waals surface area contributed by atoms with Crippen molar-refractivity contribution in [3.8, 4) is 6.07 Å². The van der Waals surface area contributed by atoms with Crippen LogP contribution in [0, 0.1) is 11.3 Å². The summed E-state index contributed by atoms with van der Waals surface area (Å²) >= 11 is 0. The lowest BCUT2D eigenvalue weighted by molar-refractivity contribution is 0.109. The van der Waals surface area contributed by atoms with Gasteiger partial charge in [-0.05, 0) is 6.07 Å². The molecule has 0 spiro atoms. The Morgan fingerprint density at radius 2 is 2.50 bits per heavy atom. The monoisotopic (exact) mass is 190 g/mol. The minimum absolute atomic E-state index is 0.438. The number of anilines is 1. The number of aromatic nitrogens is 1. The molecule has 0 aliphatic carbocycles. The summed E-state index contributed by atoms with van der Waals surface area (Å²) < 4.78 is 5.27. The second-order valence-electron chi connectivity index (χ2n) is 3.05. The van der Waals surface area contributed by atoms with Crippen molar-refractivity contribution in [3.63, 3.8) is 0 Å². The standard InChI is InChI=1S/C9H10N4O/c10-4-6-3-7-5-14-2-1-8(7)12-9(6)13-11/h3H,1-2,5,11H2,(H,12,13). The van der Waals surface area contributed by atoms with E-state index in [1.165, 1.54) is 0 Å². The average Bonchev–Trinajstić information content (AvgIpc) is 2.27. The summed E-state index contributed by atoms with van der Waals surface area (Å²) in [4.78, 5) is 4.26. The molecule has 0 atom stereocenters. The minimum atomic E-state index is 0.438. The van der Waals surface area contributed by atoms with Crippen LogP contribution < -0.4 is 11.3 Å². The number of ether oxygens (including phenoxy) is 1. The SMILES string of the molecule is N#Cc1cc2c(nc1NN)CCOC2. The fourth-order valence-corrected chi connectivity index (χ4v) is 1.48. The summed E-state index contributed by atoms with van der Waals surface area (Å²) in [5.74, 6) is 5.70. The van der Waals surface area contributed by atoms with Crippen LogP contribution in [0.1, 0.15) is 16.8 Å². The van der Waals surface area contributed by atoms with E-state index >= 15 is 0 Å². The Bertz CT molecular complexity index is 397. The third-order valence-corrected chi connectivity index (χ3v) is 2.19. The van der Waals surface area contributed by atoms with Crippen LogP contribution in [0.2, 0.25) is 0 Å². The quantitative estimate of drug-likeness (QED) is 0.492. The number of hydrogen-bond acceptors (Lipinski definition) is 5. The molecule has 0 unspecified atom stereocenters. The van der Waals surface area contributed by atoms with Crippen LogP contribution in [-0.4, -0.2) is 11.6 Å². The molecule has 0 bridgehead atoms. The van der Waals surface area contributed by atoms with Gasteiger partial charge in [0, 0.05) is 12.0 Å². The van der Waals surface area contributed by atoms with Gasteiger partial charge in [-0.25, -0.2) is 10.8 Å². The molecule has 0 amide bonds. The van der Waals surface area contributed by atoms with E-state index in [1.807, 2.05) is 6.07 Å². The highest BCUT2D eigenvalue weighted by Crippen LogP contribution is 2.20. The van der Waals surface area contributed by atoms with Crippen molar-refractivity contribution in [1.82, 2.24) is 4.98 Å². The molecule has 1 aliphatic rings. The van der Waals surface area contributed by atoms with E-state index in [4.69, 9.17) is 15.8 Å². The maximum atomic E-state index is 8.82. The second kappa shape index (κ2) is 3.62. The molecule has 2 rings (SSSR count). The van der Waals surface area contributed by atoms with E-state index in [1.54, 1.807) is 6.07 Å². The van der Waals surface area contributed by atoms with Gasteiger partial charge in [-0.15, -0.1) is 0 Å². The van der Waals surface area contributed by atoms with Crippen molar-refractivity contribution in [3.05, 3.63) is 22.9 Å². The summed E-state index contributed by atoms with van der Waals surface area (Å²) in [6, 6.07) is 3.81. The maximum absolute atomic E-state index is 8.82. The second-order valence-corrected chi connectivity index (χ2v) is 3.05. The Morgan fingerprint density at radius 1 is 1.64 bits per heavy atom. The van der Waals surface area contributed by atoms with E-state index < -0.39 is 0 Å². The van der Waals surface area contributed by atoms with E-state index in [0.717, 1.165) is 17.7 Å². The smallest absolute Gasteiger partial charge is 0.158 e. The number of nitrogens with zero attached hydrogens (tertiary/aromatic N) is 2. The molecule has 5 nitrogen and oxygen atoms in total. The van der Waals surface area contributed by atoms with Crippen LogP contribution >= 0.6 is 0 Å². The number of rotatable bonds is 1. The molecular formula is C9H10N4O. The Labute approximate surface area is 81.5 Å². The number of nitriles is 1. The van der Waals surface area contributed by atoms with Crippen molar-refractivity contribution < 1.29 is 4.74 Å². The van der Waals surface area contributed by atoms with Crippen LogP contribution in [0.5, 0.6) is 0 Å². The van der Waals surface area contributed by atoms with E-state index in [9.17, 15) is 0 Å². The molecule has 5 heteroatoms. The summed E-state index contributed by atoms with van der Waals surface area (Å²) in [6.45, 7) is 1.21. The van der Waals surface area contributed by atoms with Crippen LogP contribution in [0.15, 0.2) is 6.07 Å². The molecule has 1 aliphatic heterocycles. The van der Waals surface area contributed by atoms with E-state index in [2.05, 4.69) is 10.4 Å². The Hall–Kier alpha value is -1.64. The van der Waals surface area contributed by atoms with Crippen molar-refractivity contribution in [2.45, 2.75) is 13.0 Å². The zero-order chi connectivity index (χ0) is 9.97. The first-order valence-corrected chi connectivity index (χ1v) is 4.32. The molecule has 0 radical (unpaired) electrons. The Kier molecular flexibility index (Phi) is 2.31. The fourth-order valence-electron chi connectivity index (χ4n) is 1.48. The Morgan fingerprint density at radius 3 is 3.21 bits per heavy atom. The van der Waals surface area contributed by atoms with Crippen LogP contribution in [0.25, 0.3) is 0 Å². The molecule has 72 valence electrons. The molecule has 14 heavy (non-hydrogen) atoms. The van der Waals surface area contributed by atoms with Gasteiger partial charge in [-0.3, -0.25) is 0 Å².